The van der Waals surface area contributed by atoms with Crippen molar-refractivity contribution in [3.05, 3.63) is 68.0 Å². The van der Waals surface area contributed by atoms with E-state index in [2.05, 4.69) is 20.3 Å². The van der Waals surface area contributed by atoms with Crippen molar-refractivity contribution in [2.75, 3.05) is 25.1 Å². The highest BCUT2D eigenvalue weighted by Crippen LogP contribution is 2.38. The molecule has 3 aromatic heterocycles. The van der Waals surface area contributed by atoms with E-state index in [0.29, 0.717) is 47.4 Å². The molecule has 3 N–H and O–H groups in total. The van der Waals surface area contributed by atoms with E-state index in [1.807, 2.05) is 26.0 Å². The smallest absolute Gasteiger partial charge is 0.333 e. The number of thiophene rings is 1. The second-order valence-electron chi connectivity index (χ2n) is 8.68. The van der Waals surface area contributed by atoms with Gasteiger partial charge in [-0.3, -0.25) is 8.98 Å². The van der Waals surface area contributed by atoms with Crippen molar-refractivity contribution in [1.82, 2.24) is 15.0 Å². The van der Waals surface area contributed by atoms with Gasteiger partial charge in [-0.2, -0.15) is 8.42 Å². The average Bonchev–Trinajstić information content (AvgIpc) is 3.26. The highest BCUT2D eigenvalue weighted by atomic mass is 35.5. The fraction of sp³-hybridized carbons (Fsp3) is 0.417. The number of anilines is 1. The molecule has 0 saturated heterocycles. The summed E-state index contributed by atoms with van der Waals surface area (Å²) in [5.74, 6) is 0.166. The van der Waals surface area contributed by atoms with Crippen LogP contribution in [0.3, 0.4) is 0 Å². The molecule has 0 aromatic carbocycles. The number of ketones is 1. The molecule has 0 saturated carbocycles. The topological polar surface area (TPSA) is 146 Å². The van der Waals surface area contributed by atoms with Crippen LogP contribution in [-0.4, -0.2) is 48.9 Å². The number of hydrogen-bond acceptors (Lipinski definition) is 10. The van der Waals surface area contributed by atoms with Crippen molar-refractivity contribution in [3.63, 3.8) is 0 Å². The molecule has 1 aliphatic heterocycles. The van der Waals surface area contributed by atoms with Gasteiger partial charge in [0.05, 0.1) is 29.3 Å². The molecule has 0 aliphatic carbocycles. The molecule has 0 amide bonds. The summed E-state index contributed by atoms with van der Waals surface area (Å²) in [4.78, 5) is 27.8. The lowest BCUT2D eigenvalue weighted by Crippen LogP contribution is -2.22. The fourth-order valence-electron chi connectivity index (χ4n) is 4.15. The summed E-state index contributed by atoms with van der Waals surface area (Å²) in [6.07, 6.45) is 4.52. The first-order chi connectivity index (χ1) is 17.7. The van der Waals surface area contributed by atoms with Gasteiger partial charge in [-0.25, -0.2) is 20.1 Å². The molecule has 0 bridgehead atoms. The first-order valence-corrected chi connectivity index (χ1v) is 14.5. The Balaban J connectivity index is 1.49. The Labute approximate surface area is 224 Å². The first-order valence-electron chi connectivity index (χ1n) is 11.8. The Kier molecular flexibility index (Phi) is 8.88. The van der Waals surface area contributed by atoms with Crippen molar-refractivity contribution in [2.45, 2.75) is 39.2 Å². The minimum atomic E-state index is -3.99. The Morgan fingerprint density at radius 1 is 1.41 bits per heavy atom. The van der Waals surface area contributed by atoms with Gasteiger partial charge >= 0.3 is 10.3 Å². The standard InChI is InChI=1S/C24H28ClN5O5S2/c1-3-15(12-35-37(26,32)33)6-8-28-24-18(11-27-13-29-24)22(31)19-10-17(14(2)36-19)23-21-16(7-9-34-23)4-5-20(25)30-21/h4-5,10-11,13,15,23H,3,6-9,12H2,1-2H3,(H2,26,32,33)(H,27,28,29)/t15-,23?/m0/s1. The maximum Gasteiger partial charge on any atom is 0.333 e. The third-order valence-corrected chi connectivity index (χ3v) is 7.93. The van der Waals surface area contributed by atoms with Crippen LogP contribution in [0.5, 0.6) is 0 Å². The van der Waals surface area contributed by atoms with Crippen LogP contribution in [0.2, 0.25) is 5.15 Å². The van der Waals surface area contributed by atoms with Gasteiger partial charge in [0.1, 0.15) is 23.4 Å². The molecule has 13 heteroatoms. The number of fused-ring (bicyclic) bond motifs is 1. The van der Waals surface area contributed by atoms with Gasteiger partial charge in [-0.05, 0) is 43.4 Å². The SMILES string of the molecule is CC[C@@H](CCNc1ncncc1C(=O)c1cc(C2OCCc3ccc(Cl)nc32)c(C)s1)COS(N)(=O)=O. The van der Waals surface area contributed by atoms with E-state index in [0.717, 1.165) is 28.1 Å². The largest absolute Gasteiger partial charge is 0.369 e. The molecule has 0 radical (unpaired) electrons. The first kappa shape index (κ1) is 27.6. The molecule has 1 unspecified atom stereocenters. The third-order valence-electron chi connectivity index (χ3n) is 6.19. The molecule has 4 rings (SSSR count). The monoisotopic (exact) mass is 565 g/mol. The van der Waals surface area contributed by atoms with E-state index in [4.69, 9.17) is 25.7 Å². The van der Waals surface area contributed by atoms with E-state index in [1.165, 1.54) is 23.9 Å². The number of rotatable bonds is 11. The van der Waals surface area contributed by atoms with Crippen molar-refractivity contribution in [2.24, 2.45) is 11.1 Å². The summed E-state index contributed by atoms with van der Waals surface area (Å²) < 4.78 is 32.9. The van der Waals surface area contributed by atoms with Crippen LogP contribution in [0.25, 0.3) is 0 Å². The van der Waals surface area contributed by atoms with Gasteiger partial charge in [-0.1, -0.05) is 31.0 Å². The molecule has 2 atom stereocenters. The maximum atomic E-state index is 13.5. The number of carbonyl (C=O) groups excluding carboxylic acids is 1. The number of hydrogen-bond donors (Lipinski definition) is 2. The predicted molar refractivity (Wildman–Crippen MR) is 141 cm³/mol. The van der Waals surface area contributed by atoms with Gasteiger partial charge in [0.15, 0.2) is 0 Å². The lowest BCUT2D eigenvalue weighted by molar-refractivity contribution is 0.0663. The van der Waals surface area contributed by atoms with Crippen LogP contribution >= 0.6 is 22.9 Å². The van der Waals surface area contributed by atoms with E-state index >= 15 is 0 Å². The fourth-order valence-corrected chi connectivity index (χ4v) is 5.69. The van der Waals surface area contributed by atoms with Crippen LogP contribution in [0.15, 0.2) is 30.7 Å². The second-order valence-corrected chi connectivity index (χ2v) is 11.5. The Morgan fingerprint density at radius 2 is 2.22 bits per heavy atom. The van der Waals surface area contributed by atoms with Crippen LogP contribution in [0.4, 0.5) is 5.82 Å². The van der Waals surface area contributed by atoms with Crippen LogP contribution in [-0.2, 0) is 25.6 Å². The van der Waals surface area contributed by atoms with E-state index in [9.17, 15) is 13.2 Å². The molecule has 3 aromatic rings. The van der Waals surface area contributed by atoms with Crippen molar-refractivity contribution in [1.29, 1.82) is 0 Å². The van der Waals surface area contributed by atoms with E-state index in [1.54, 1.807) is 6.07 Å². The van der Waals surface area contributed by atoms with Gasteiger partial charge in [-0.15, -0.1) is 11.3 Å². The summed E-state index contributed by atoms with van der Waals surface area (Å²) in [7, 11) is -3.99. The second kappa shape index (κ2) is 11.9. The molecule has 198 valence electrons. The van der Waals surface area contributed by atoms with Crippen molar-refractivity contribution in [3.8, 4) is 0 Å². The highest BCUT2D eigenvalue weighted by Gasteiger charge is 2.29. The normalized spacial score (nSPS) is 16.3. The number of nitrogens with one attached hydrogen (secondary N) is 1. The summed E-state index contributed by atoms with van der Waals surface area (Å²) in [5, 5.41) is 8.50. The Bertz CT molecular complexity index is 1380. The summed E-state index contributed by atoms with van der Waals surface area (Å²) in [5.41, 5.74) is 3.09. The number of nitrogens with zero attached hydrogens (tertiary/aromatic N) is 3. The average molecular weight is 566 g/mol. The summed E-state index contributed by atoms with van der Waals surface area (Å²) in [6, 6.07) is 5.59. The number of ether oxygens (including phenoxy) is 1. The number of pyridine rings is 1. The van der Waals surface area contributed by atoms with Gasteiger partial charge in [0.2, 0.25) is 5.78 Å². The molecule has 0 fully saturated rings. The van der Waals surface area contributed by atoms with Crippen LogP contribution < -0.4 is 10.5 Å². The van der Waals surface area contributed by atoms with Gasteiger partial charge in [0, 0.05) is 23.2 Å². The number of aryl methyl sites for hydroxylation is 1. The Hall–Kier alpha value is -2.48. The molecular formula is C24H28ClN5O5S2. The third kappa shape index (κ3) is 6.89. The van der Waals surface area contributed by atoms with Crippen molar-refractivity contribution < 1.29 is 22.1 Å². The molecule has 10 nitrogen and oxygen atoms in total. The lowest BCUT2D eigenvalue weighted by Gasteiger charge is -2.25. The summed E-state index contributed by atoms with van der Waals surface area (Å²) in [6.45, 7) is 4.90. The maximum absolute atomic E-state index is 13.5. The zero-order chi connectivity index (χ0) is 26.6. The van der Waals surface area contributed by atoms with Crippen LogP contribution in [0, 0.1) is 12.8 Å². The quantitative estimate of drug-likeness (QED) is 0.261. The van der Waals surface area contributed by atoms with Gasteiger partial charge in [0.25, 0.3) is 0 Å². The molecule has 4 heterocycles. The lowest BCUT2D eigenvalue weighted by atomic mass is 9.98. The molecular weight excluding hydrogens is 538 g/mol. The Morgan fingerprint density at radius 3 is 2.97 bits per heavy atom. The van der Waals surface area contributed by atoms with Crippen LogP contribution in [0.1, 0.15) is 62.8 Å². The number of nitrogens with two attached hydrogens (primary N) is 1. The zero-order valence-corrected chi connectivity index (χ0v) is 22.8. The number of halogens is 1. The predicted octanol–water partition coefficient (Wildman–Crippen LogP) is 3.84. The molecule has 1 aliphatic rings. The zero-order valence-electron chi connectivity index (χ0n) is 20.4. The molecule has 37 heavy (non-hydrogen) atoms. The summed E-state index contributed by atoms with van der Waals surface area (Å²) >= 11 is 7.53. The number of aromatic nitrogens is 3. The minimum absolute atomic E-state index is 0.00371. The number of carbonyl (C=O) groups is 1. The van der Waals surface area contributed by atoms with E-state index in [-0.39, 0.29) is 18.3 Å². The minimum Gasteiger partial charge on any atom is -0.369 e. The highest BCUT2D eigenvalue weighted by molar-refractivity contribution is 7.84. The van der Waals surface area contributed by atoms with Crippen molar-refractivity contribution >= 4 is 44.8 Å². The molecule has 0 spiro atoms. The van der Waals surface area contributed by atoms with Gasteiger partial charge < -0.3 is 10.1 Å². The van der Waals surface area contributed by atoms with E-state index < -0.39 is 16.4 Å².